The van der Waals surface area contributed by atoms with Crippen LogP contribution in [0.1, 0.15) is 50.3 Å². The summed E-state index contributed by atoms with van der Waals surface area (Å²) >= 11 is 0. The van der Waals surface area contributed by atoms with Gasteiger partial charge < -0.3 is 9.74 Å². The van der Waals surface area contributed by atoms with Gasteiger partial charge in [-0.25, -0.2) is 0 Å². The molecule has 0 bridgehead atoms. The third kappa shape index (κ3) is 3.72. The van der Waals surface area contributed by atoms with Gasteiger partial charge in [0.25, 0.3) is 0 Å². The first kappa shape index (κ1) is 19.8. The Balaban J connectivity index is 2.22. The fraction of sp³-hybridized carbons (Fsp3) is 0.722. The lowest BCUT2D eigenvalue weighted by Crippen LogP contribution is -2.70. The molecule has 0 radical (unpaired) electrons. The molecule has 0 aromatic carbocycles. The van der Waals surface area contributed by atoms with Crippen LogP contribution in [0.3, 0.4) is 0 Å². The molecule has 0 aliphatic carbocycles. The second-order valence-electron chi connectivity index (χ2n) is 8.54. The van der Waals surface area contributed by atoms with Crippen molar-refractivity contribution >= 4 is 20.7 Å². The smallest absolute Gasteiger partial charge is 0.228 e. The number of hydrogen-bond donors (Lipinski definition) is 1. The Kier molecular flexibility index (Phi) is 5.30. The summed E-state index contributed by atoms with van der Waals surface area (Å²) in [6.45, 7) is 14.4. The van der Waals surface area contributed by atoms with Crippen molar-refractivity contribution in [3.05, 3.63) is 17.5 Å². The number of rotatable bonds is 6. The van der Waals surface area contributed by atoms with E-state index >= 15 is 0 Å². The van der Waals surface area contributed by atoms with E-state index in [2.05, 4.69) is 44.3 Å². The molecule has 2 rings (SSSR count). The average molecular weight is 366 g/mol. The number of carbonyl (C=O) groups is 2. The number of nitrogens with zero attached hydrogens (tertiary/aromatic N) is 2. The lowest BCUT2D eigenvalue weighted by atomic mass is 9.64. The van der Waals surface area contributed by atoms with Crippen molar-refractivity contribution in [3.63, 3.8) is 0 Å². The first-order valence-electron chi connectivity index (χ1n) is 8.89. The highest BCUT2D eigenvalue weighted by Gasteiger charge is 2.57. The lowest BCUT2D eigenvalue weighted by molar-refractivity contribution is -0.158. The van der Waals surface area contributed by atoms with Gasteiger partial charge in [0.1, 0.15) is 5.69 Å². The van der Waals surface area contributed by atoms with E-state index in [0.717, 1.165) is 5.69 Å². The maximum atomic E-state index is 12.6. The topological polar surface area (TPSA) is 73.2 Å². The first-order chi connectivity index (χ1) is 11.4. The number of nitrogens with one attached hydrogen (secondary N) is 1. The highest BCUT2D eigenvalue weighted by Crippen LogP contribution is 2.45. The molecular formula is C18H31N3O3Si. The highest BCUT2D eigenvalue weighted by molar-refractivity contribution is 6.48. The van der Waals surface area contributed by atoms with E-state index in [1.54, 1.807) is 10.7 Å². The van der Waals surface area contributed by atoms with Gasteiger partial charge in [-0.05, 0) is 38.4 Å². The van der Waals surface area contributed by atoms with E-state index in [0.29, 0.717) is 5.69 Å². The molecule has 1 amide bonds. The zero-order valence-corrected chi connectivity index (χ0v) is 17.8. The number of Topliss-reactive ketones (excluding diaryl/α,β-unsaturated/α-hetero) is 1. The van der Waals surface area contributed by atoms with E-state index in [1.165, 1.54) is 0 Å². The molecule has 3 atom stereocenters. The summed E-state index contributed by atoms with van der Waals surface area (Å²) in [4.78, 5) is 25.0. The van der Waals surface area contributed by atoms with Crippen molar-refractivity contribution in [2.45, 2.75) is 65.8 Å². The number of ketones is 1. The van der Waals surface area contributed by atoms with Gasteiger partial charge in [-0.3, -0.25) is 14.3 Å². The van der Waals surface area contributed by atoms with Gasteiger partial charge in [-0.1, -0.05) is 20.8 Å². The number of carbonyl (C=O) groups excluding carboxylic acids is 2. The summed E-state index contributed by atoms with van der Waals surface area (Å²) in [5.41, 5.74) is 0.582. The van der Waals surface area contributed by atoms with E-state index in [-0.39, 0.29) is 35.5 Å². The normalized spacial score (nSPS) is 23.2. The van der Waals surface area contributed by atoms with Crippen LogP contribution in [-0.4, -0.2) is 42.2 Å². The lowest BCUT2D eigenvalue weighted by Gasteiger charge is -2.54. The molecule has 6 nitrogen and oxygen atoms in total. The fourth-order valence-electron chi connectivity index (χ4n) is 3.45. The van der Waals surface area contributed by atoms with Crippen LogP contribution >= 0.6 is 0 Å². The molecule has 1 saturated heterocycles. The van der Waals surface area contributed by atoms with E-state index in [4.69, 9.17) is 4.43 Å². The van der Waals surface area contributed by atoms with Crippen molar-refractivity contribution in [3.8, 4) is 0 Å². The van der Waals surface area contributed by atoms with Crippen LogP contribution in [0, 0.1) is 18.3 Å². The monoisotopic (exact) mass is 365 g/mol. The zero-order chi connectivity index (χ0) is 19.2. The molecule has 1 N–H and O–H groups in total. The first-order valence-corrected chi connectivity index (χ1v) is 11.7. The van der Waals surface area contributed by atoms with Crippen LogP contribution in [0.4, 0.5) is 0 Å². The second-order valence-corrected chi connectivity index (χ2v) is 10.9. The number of amides is 1. The predicted octanol–water partition coefficient (Wildman–Crippen LogP) is 2.22. The Morgan fingerprint density at radius 3 is 2.36 bits per heavy atom. The molecule has 1 aliphatic heterocycles. The van der Waals surface area contributed by atoms with Gasteiger partial charge in [-0.15, -0.1) is 0 Å². The molecular weight excluding hydrogens is 334 g/mol. The Bertz CT molecular complexity index is 658. The Morgan fingerprint density at radius 2 is 1.96 bits per heavy atom. The number of aryl methyl sites for hydroxylation is 2. The summed E-state index contributed by atoms with van der Waals surface area (Å²) < 4.78 is 8.06. The quantitative estimate of drug-likeness (QED) is 0.477. The maximum absolute atomic E-state index is 12.6. The molecule has 140 valence electrons. The van der Waals surface area contributed by atoms with Crippen LogP contribution in [0.5, 0.6) is 0 Å². The van der Waals surface area contributed by atoms with Crippen molar-refractivity contribution in [1.82, 2.24) is 15.1 Å². The summed E-state index contributed by atoms with van der Waals surface area (Å²) in [5, 5.41) is 7.16. The molecule has 1 fully saturated rings. The van der Waals surface area contributed by atoms with Crippen molar-refractivity contribution in [2.75, 3.05) is 0 Å². The van der Waals surface area contributed by atoms with Gasteiger partial charge in [0.2, 0.25) is 5.91 Å². The minimum absolute atomic E-state index is 0.0259. The molecule has 25 heavy (non-hydrogen) atoms. The third-order valence-electron chi connectivity index (χ3n) is 5.38. The SMILES string of the molecule is Cc1cc(C(=O)C[C@H]2NC(=O)[C@@H]2[C@@](C)(O[SiH](C)C)C(C)(C)C)nn1C. The Hall–Kier alpha value is -1.47. The summed E-state index contributed by atoms with van der Waals surface area (Å²) in [6, 6.07) is 1.58. The minimum Gasteiger partial charge on any atom is -0.414 e. The fourth-order valence-corrected chi connectivity index (χ4v) is 4.93. The van der Waals surface area contributed by atoms with Gasteiger partial charge in [0.15, 0.2) is 14.8 Å². The van der Waals surface area contributed by atoms with Crippen LogP contribution in [0.2, 0.25) is 13.1 Å². The van der Waals surface area contributed by atoms with Crippen molar-refractivity contribution in [2.24, 2.45) is 18.4 Å². The highest BCUT2D eigenvalue weighted by atomic mass is 28.3. The van der Waals surface area contributed by atoms with Crippen LogP contribution in [0.25, 0.3) is 0 Å². The largest absolute Gasteiger partial charge is 0.414 e. The van der Waals surface area contributed by atoms with E-state index < -0.39 is 14.6 Å². The van der Waals surface area contributed by atoms with Crippen molar-refractivity contribution in [1.29, 1.82) is 0 Å². The van der Waals surface area contributed by atoms with Gasteiger partial charge in [0.05, 0.1) is 17.6 Å². The Labute approximate surface area is 152 Å². The number of hydrogen-bond acceptors (Lipinski definition) is 4. The molecule has 1 aliphatic rings. The summed E-state index contributed by atoms with van der Waals surface area (Å²) in [5.74, 6) is -0.394. The molecule has 1 aromatic rings. The second kappa shape index (κ2) is 6.68. The molecule has 1 aromatic heterocycles. The van der Waals surface area contributed by atoms with Gasteiger partial charge in [0, 0.05) is 19.2 Å². The molecule has 2 heterocycles. The van der Waals surface area contributed by atoms with Gasteiger partial charge in [-0.2, -0.15) is 5.10 Å². The number of β-lactam (4-membered cyclic amide) rings is 1. The minimum atomic E-state index is -1.37. The molecule has 0 unspecified atom stereocenters. The molecule has 0 spiro atoms. The predicted molar refractivity (Wildman–Crippen MR) is 100 cm³/mol. The number of aromatic nitrogens is 2. The third-order valence-corrected chi connectivity index (χ3v) is 6.34. The van der Waals surface area contributed by atoms with Crippen LogP contribution in [0.15, 0.2) is 6.07 Å². The summed E-state index contributed by atoms with van der Waals surface area (Å²) in [6.07, 6.45) is 0.252. The van der Waals surface area contributed by atoms with Gasteiger partial charge >= 0.3 is 0 Å². The van der Waals surface area contributed by atoms with Crippen LogP contribution in [-0.2, 0) is 16.3 Å². The summed E-state index contributed by atoms with van der Waals surface area (Å²) in [7, 11) is 0.452. The molecule has 0 saturated carbocycles. The zero-order valence-electron chi connectivity index (χ0n) is 16.6. The standard InChI is InChI=1S/C18H31N3O3Si/c1-11-9-12(20-21(11)6)14(22)10-13-15(16(23)19-13)18(5,17(2,3)4)24-25(7)8/h9,13,15,25H,10H2,1-8H3,(H,19,23)/t13-,15-,18-/m1/s1. The van der Waals surface area contributed by atoms with Crippen molar-refractivity contribution < 1.29 is 14.0 Å². The maximum Gasteiger partial charge on any atom is 0.228 e. The molecule has 7 heteroatoms. The van der Waals surface area contributed by atoms with E-state index in [9.17, 15) is 9.59 Å². The average Bonchev–Trinajstić information content (AvgIpc) is 2.75. The van der Waals surface area contributed by atoms with E-state index in [1.807, 2.05) is 20.9 Å². The Morgan fingerprint density at radius 1 is 1.36 bits per heavy atom. The van der Waals surface area contributed by atoms with Crippen LogP contribution < -0.4 is 5.32 Å².